The molecule has 0 spiro atoms. The fourth-order valence-corrected chi connectivity index (χ4v) is 6.63. The first kappa shape index (κ1) is 21.2. The molecule has 1 aliphatic heterocycles. The summed E-state index contributed by atoms with van der Waals surface area (Å²) >= 11 is 3.37. The highest BCUT2D eigenvalue weighted by atomic mass is 79.9. The number of nitrogens with zero attached hydrogens (tertiary/aromatic N) is 2. The van der Waals surface area contributed by atoms with Crippen molar-refractivity contribution in [2.45, 2.75) is 38.3 Å². The number of fused-ring (bicyclic) bond motifs is 1. The highest BCUT2D eigenvalue weighted by molar-refractivity contribution is 9.10. The van der Waals surface area contributed by atoms with Gasteiger partial charge in [-0.05, 0) is 46.8 Å². The third-order valence-corrected chi connectivity index (χ3v) is 8.30. The van der Waals surface area contributed by atoms with Gasteiger partial charge in [0.2, 0.25) is 5.91 Å². The number of carbonyl (C=O) groups excluding carboxylic acids is 2. The topological polar surface area (TPSA) is 118 Å². The van der Waals surface area contributed by atoms with E-state index in [1.165, 1.54) is 0 Å². The predicted octanol–water partition coefficient (Wildman–Crippen LogP) is 1.84. The molecule has 2 N–H and O–H groups in total. The number of halogens is 1. The third kappa shape index (κ3) is 4.34. The summed E-state index contributed by atoms with van der Waals surface area (Å²) in [6, 6.07) is 1.97. The number of pyridine rings is 2. The Labute approximate surface area is 183 Å². The second-order valence-electron chi connectivity index (χ2n) is 8.18. The third-order valence-electron chi connectivity index (χ3n) is 5.98. The summed E-state index contributed by atoms with van der Waals surface area (Å²) in [7, 11) is -3.36. The summed E-state index contributed by atoms with van der Waals surface area (Å²) in [5, 5.41) is 6.43. The zero-order chi connectivity index (χ0) is 21.5. The first-order valence-electron chi connectivity index (χ1n) is 9.95. The van der Waals surface area contributed by atoms with Gasteiger partial charge in [-0.3, -0.25) is 14.6 Å². The summed E-state index contributed by atoms with van der Waals surface area (Å²) < 4.78 is 25.1. The number of hydrogen-bond acceptors (Lipinski definition) is 6. The Bertz CT molecular complexity index is 1110. The molecular weight excluding hydrogens is 472 g/mol. The maximum Gasteiger partial charge on any atom is 0.270 e. The van der Waals surface area contributed by atoms with Gasteiger partial charge in [-0.15, -0.1) is 0 Å². The molecule has 4 rings (SSSR count). The lowest BCUT2D eigenvalue weighted by Crippen LogP contribution is -2.52. The molecule has 30 heavy (non-hydrogen) atoms. The molecule has 2 amide bonds. The molecule has 0 radical (unpaired) electrons. The van der Waals surface area contributed by atoms with E-state index >= 15 is 0 Å². The summed E-state index contributed by atoms with van der Waals surface area (Å²) in [4.78, 5) is 33.9. The number of carbonyl (C=O) groups is 2. The lowest BCUT2D eigenvalue weighted by atomic mass is 9.96. The maximum atomic E-state index is 12.8. The molecule has 160 valence electrons. The first-order valence-corrected chi connectivity index (χ1v) is 12.6. The number of sulfone groups is 1. The second-order valence-corrected chi connectivity index (χ2v) is 11.2. The lowest BCUT2D eigenvalue weighted by molar-refractivity contribution is -0.126. The van der Waals surface area contributed by atoms with Crippen LogP contribution in [0.5, 0.6) is 0 Å². The van der Waals surface area contributed by atoms with E-state index in [0.29, 0.717) is 9.99 Å². The molecule has 0 bridgehead atoms. The molecule has 8 nitrogen and oxygen atoms in total. The summed E-state index contributed by atoms with van der Waals surface area (Å²) in [5.41, 5.74) is 0.768. The Kier molecular flexibility index (Phi) is 5.80. The Morgan fingerprint density at radius 3 is 2.53 bits per heavy atom. The van der Waals surface area contributed by atoms with E-state index in [-0.39, 0.29) is 34.9 Å². The van der Waals surface area contributed by atoms with Crippen molar-refractivity contribution in [3.05, 3.63) is 34.7 Å². The minimum absolute atomic E-state index is 0.0993. The molecule has 1 aliphatic carbocycles. The zero-order valence-electron chi connectivity index (χ0n) is 16.5. The predicted molar refractivity (Wildman–Crippen MR) is 116 cm³/mol. The van der Waals surface area contributed by atoms with Crippen molar-refractivity contribution in [3.63, 3.8) is 0 Å². The molecule has 4 unspecified atom stereocenters. The molecule has 2 aromatic rings. The van der Waals surface area contributed by atoms with E-state index in [0.717, 1.165) is 24.6 Å². The van der Waals surface area contributed by atoms with Gasteiger partial charge in [0.25, 0.3) is 5.91 Å². The van der Waals surface area contributed by atoms with Crippen LogP contribution in [0.4, 0.5) is 0 Å². The zero-order valence-corrected chi connectivity index (χ0v) is 18.9. The van der Waals surface area contributed by atoms with E-state index in [1.54, 1.807) is 24.5 Å². The van der Waals surface area contributed by atoms with Crippen molar-refractivity contribution in [2.24, 2.45) is 11.8 Å². The van der Waals surface area contributed by atoms with Crippen LogP contribution in [0.1, 0.15) is 36.7 Å². The molecule has 0 aromatic carbocycles. The normalized spacial score (nSPS) is 27.8. The smallest absolute Gasteiger partial charge is 0.270 e. The van der Waals surface area contributed by atoms with Crippen LogP contribution in [-0.4, -0.2) is 53.8 Å². The van der Waals surface area contributed by atoms with Crippen LogP contribution in [0.25, 0.3) is 10.9 Å². The summed E-state index contributed by atoms with van der Waals surface area (Å²) in [6.45, 7) is 2.04. The SMILES string of the molecule is CC1CCCC1C(=O)NC1CS(=O)(=O)CC1NC(=O)c1ccc2cncc(Br)c2n1. The van der Waals surface area contributed by atoms with Crippen LogP contribution in [0, 0.1) is 11.8 Å². The molecule has 3 heterocycles. The molecule has 4 atom stereocenters. The minimum atomic E-state index is -3.36. The van der Waals surface area contributed by atoms with Crippen LogP contribution in [0.3, 0.4) is 0 Å². The average Bonchev–Trinajstić information content (AvgIpc) is 3.24. The van der Waals surface area contributed by atoms with E-state index in [1.807, 2.05) is 6.92 Å². The van der Waals surface area contributed by atoms with Crippen molar-refractivity contribution >= 4 is 48.5 Å². The quantitative estimate of drug-likeness (QED) is 0.669. The van der Waals surface area contributed by atoms with Gasteiger partial charge in [0, 0.05) is 23.7 Å². The van der Waals surface area contributed by atoms with Crippen molar-refractivity contribution in [3.8, 4) is 0 Å². The monoisotopic (exact) mass is 494 g/mol. The maximum absolute atomic E-state index is 12.8. The molecule has 2 aromatic heterocycles. The highest BCUT2D eigenvalue weighted by Gasteiger charge is 2.41. The van der Waals surface area contributed by atoms with E-state index in [2.05, 4.69) is 36.5 Å². The van der Waals surface area contributed by atoms with Crippen molar-refractivity contribution in [1.82, 2.24) is 20.6 Å². The van der Waals surface area contributed by atoms with Gasteiger partial charge in [0.1, 0.15) is 5.69 Å². The van der Waals surface area contributed by atoms with Gasteiger partial charge in [0.05, 0.1) is 33.6 Å². The number of hydrogen-bond donors (Lipinski definition) is 2. The Balaban J connectivity index is 1.50. The fraction of sp³-hybridized carbons (Fsp3) is 0.500. The van der Waals surface area contributed by atoms with Crippen LogP contribution >= 0.6 is 15.9 Å². The van der Waals surface area contributed by atoms with E-state index in [9.17, 15) is 18.0 Å². The lowest BCUT2D eigenvalue weighted by Gasteiger charge is -2.23. The average molecular weight is 495 g/mol. The molecular formula is C20H23BrN4O4S. The standard InChI is InChI=1S/C20H23BrN4O4S/c1-11-3-2-4-13(11)19(26)24-16-9-30(28,29)10-17(16)25-20(27)15-6-5-12-7-22-8-14(21)18(12)23-15/h5-8,11,13,16-17H,2-4,9-10H2,1H3,(H,24,26)(H,25,27). The number of amides is 2. The fourth-order valence-electron chi connectivity index (χ4n) is 4.34. The summed E-state index contributed by atoms with van der Waals surface area (Å²) in [6.07, 6.45) is 6.05. The van der Waals surface area contributed by atoms with Crippen LogP contribution in [-0.2, 0) is 14.6 Å². The Morgan fingerprint density at radius 1 is 1.10 bits per heavy atom. The second kappa shape index (κ2) is 8.22. The largest absolute Gasteiger partial charge is 0.350 e. The Hall–Kier alpha value is -2.07. The molecule has 2 fully saturated rings. The molecule has 1 saturated heterocycles. The number of aromatic nitrogens is 2. The van der Waals surface area contributed by atoms with Crippen LogP contribution in [0.2, 0.25) is 0 Å². The van der Waals surface area contributed by atoms with Gasteiger partial charge in [0.15, 0.2) is 9.84 Å². The molecule has 10 heteroatoms. The van der Waals surface area contributed by atoms with Crippen LogP contribution in [0.15, 0.2) is 29.0 Å². The molecule has 2 aliphatic rings. The number of rotatable bonds is 4. The number of nitrogens with one attached hydrogen (secondary N) is 2. The van der Waals surface area contributed by atoms with Crippen molar-refractivity contribution < 1.29 is 18.0 Å². The van der Waals surface area contributed by atoms with Gasteiger partial charge >= 0.3 is 0 Å². The van der Waals surface area contributed by atoms with Gasteiger partial charge < -0.3 is 10.6 Å². The van der Waals surface area contributed by atoms with Crippen molar-refractivity contribution in [2.75, 3.05) is 11.5 Å². The van der Waals surface area contributed by atoms with Crippen molar-refractivity contribution in [1.29, 1.82) is 0 Å². The van der Waals surface area contributed by atoms with Gasteiger partial charge in [-0.1, -0.05) is 13.3 Å². The minimum Gasteiger partial charge on any atom is -0.350 e. The summed E-state index contributed by atoms with van der Waals surface area (Å²) in [5.74, 6) is -0.792. The van der Waals surface area contributed by atoms with E-state index in [4.69, 9.17) is 0 Å². The van der Waals surface area contributed by atoms with Crippen LogP contribution < -0.4 is 10.6 Å². The Morgan fingerprint density at radius 2 is 1.83 bits per heavy atom. The molecule has 1 saturated carbocycles. The first-order chi connectivity index (χ1) is 14.2. The highest BCUT2D eigenvalue weighted by Crippen LogP contribution is 2.31. The van der Waals surface area contributed by atoms with E-state index < -0.39 is 27.8 Å². The van der Waals surface area contributed by atoms with Gasteiger partial charge in [-0.2, -0.15) is 0 Å². The van der Waals surface area contributed by atoms with Gasteiger partial charge in [-0.25, -0.2) is 13.4 Å².